The second-order valence-corrected chi connectivity index (χ2v) is 6.22. The summed E-state index contributed by atoms with van der Waals surface area (Å²) >= 11 is 0. The molecule has 0 atom stereocenters. The molecule has 0 saturated heterocycles. The summed E-state index contributed by atoms with van der Waals surface area (Å²) in [4.78, 5) is 4.92. The predicted molar refractivity (Wildman–Crippen MR) is 99.6 cm³/mol. The number of nitrogens with zero attached hydrogens (tertiary/aromatic N) is 2. The van der Waals surface area contributed by atoms with Crippen molar-refractivity contribution in [1.82, 2.24) is 15.2 Å². The molecule has 5 heteroatoms. The van der Waals surface area contributed by atoms with Gasteiger partial charge in [-0.3, -0.25) is 5.10 Å². The van der Waals surface area contributed by atoms with Crippen LogP contribution in [0.1, 0.15) is 29.7 Å². The second-order valence-electron chi connectivity index (χ2n) is 6.22. The fourth-order valence-corrected chi connectivity index (χ4v) is 3.74. The van der Waals surface area contributed by atoms with Crippen LogP contribution in [0.4, 0.5) is 4.39 Å². The summed E-state index contributed by atoms with van der Waals surface area (Å²) in [6.07, 6.45) is 13.0. The number of rotatable bonds is 3. The van der Waals surface area contributed by atoms with Crippen molar-refractivity contribution in [1.29, 1.82) is 0 Å². The van der Waals surface area contributed by atoms with Crippen LogP contribution < -0.4 is 5.73 Å². The minimum Gasteiger partial charge on any atom is -0.405 e. The van der Waals surface area contributed by atoms with E-state index in [1.54, 1.807) is 12.2 Å². The molecule has 126 valence electrons. The first-order chi connectivity index (χ1) is 12.3. The van der Waals surface area contributed by atoms with E-state index in [0.29, 0.717) is 6.33 Å². The van der Waals surface area contributed by atoms with Gasteiger partial charge in [0.2, 0.25) is 0 Å². The first kappa shape index (κ1) is 15.6. The van der Waals surface area contributed by atoms with Gasteiger partial charge in [-0.1, -0.05) is 6.08 Å². The summed E-state index contributed by atoms with van der Waals surface area (Å²) in [7, 11) is 0. The molecular formula is C20H19FN4. The molecule has 4 rings (SSSR count). The normalized spacial score (nSPS) is 15.6. The van der Waals surface area contributed by atoms with Crippen LogP contribution in [0.25, 0.3) is 27.4 Å². The lowest BCUT2D eigenvalue weighted by atomic mass is 9.85. The highest BCUT2D eigenvalue weighted by Crippen LogP contribution is 2.36. The minimum absolute atomic E-state index is 0.521. The zero-order chi connectivity index (χ0) is 17.2. The van der Waals surface area contributed by atoms with E-state index in [-0.39, 0.29) is 0 Å². The third-order valence-corrected chi connectivity index (χ3v) is 4.79. The molecule has 3 N–H and O–H groups in total. The largest absolute Gasteiger partial charge is 0.405 e. The van der Waals surface area contributed by atoms with E-state index < -0.39 is 0 Å². The van der Waals surface area contributed by atoms with Gasteiger partial charge in [-0.15, -0.1) is 0 Å². The molecule has 0 aliphatic heterocycles. The van der Waals surface area contributed by atoms with E-state index in [9.17, 15) is 4.39 Å². The molecule has 0 unspecified atom stereocenters. The van der Waals surface area contributed by atoms with Gasteiger partial charge in [0.1, 0.15) is 0 Å². The zero-order valence-corrected chi connectivity index (χ0v) is 13.8. The fourth-order valence-electron chi connectivity index (χ4n) is 3.74. The average molecular weight is 334 g/mol. The molecule has 2 aromatic heterocycles. The van der Waals surface area contributed by atoms with E-state index in [2.05, 4.69) is 10.2 Å². The average Bonchev–Trinajstić information content (AvgIpc) is 3.13. The number of fused-ring (bicyclic) bond motifs is 5. The zero-order valence-electron chi connectivity index (χ0n) is 13.8. The van der Waals surface area contributed by atoms with Gasteiger partial charge in [-0.2, -0.15) is 5.10 Å². The van der Waals surface area contributed by atoms with E-state index in [4.69, 9.17) is 10.7 Å². The molecule has 4 nitrogen and oxygen atoms in total. The first-order valence-electron chi connectivity index (χ1n) is 8.46. The molecule has 1 aromatic carbocycles. The Morgan fingerprint density at radius 3 is 2.84 bits per heavy atom. The highest BCUT2D eigenvalue weighted by molar-refractivity contribution is 6.07. The second kappa shape index (κ2) is 6.51. The highest BCUT2D eigenvalue weighted by Gasteiger charge is 2.21. The maximum absolute atomic E-state index is 12.5. The van der Waals surface area contributed by atoms with E-state index >= 15 is 0 Å². The minimum atomic E-state index is 0.521. The van der Waals surface area contributed by atoms with Gasteiger partial charge < -0.3 is 5.73 Å². The van der Waals surface area contributed by atoms with Gasteiger partial charge in [-0.25, -0.2) is 9.37 Å². The van der Waals surface area contributed by atoms with Crippen molar-refractivity contribution in [3.63, 3.8) is 0 Å². The number of aryl methyl sites for hydroxylation is 1. The Hall–Kier alpha value is -2.95. The number of aromatic nitrogens is 3. The quantitative estimate of drug-likeness (QED) is 0.701. The van der Waals surface area contributed by atoms with Crippen molar-refractivity contribution in [3.05, 3.63) is 65.9 Å². The molecule has 0 bridgehead atoms. The smallest absolute Gasteiger partial charge is 0.0867 e. The number of nitrogens with two attached hydrogens (primary N) is 1. The molecule has 0 amide bonds. The van der Waals surface area contributed by atoms with Crippen LogP contribution in [-0.4, -0.2) is 15.2 Å². The predicted octanol–water partition coefficient (Wildman–Crippen LogP) is 4.33. The molecule has 0 radical (unpaired) electrons. The molecule has 0 saturated carbocycles. The van der Waals surface area contributed by atoms with Gasteiger partial charge in [0.15, 0.2) is 0 Å². The molecule has 0 fully saturated rings. The standard InChI is InChI=1S/C20H19FN4/c21-10-3-4-13(9-11-22)20-15-6-2-1-5-14(15)19-16-12-23-25-17(16)7-8-18(19)24-20/h3-4,7-12H,1-2,5-6,22H2,(H,23,25)/b10-3+,11-9+,13-4+. The van der Waals surface area contributed by atoms with E-state index in [1.807, 2.05) is 18.3 Å². The van der Waals surface area contributed by atoms with Gasteiger partial charge in [0, 0.05) is 16.3 Å². The Morgan fingerprint density at radius 2 is 2.04 bits per heavy atom. The number of hydrogen-bond acceptors (Lipinski definition) is 3. The van der Waals surface area contributed by atoms with Crippen molar-refractivity contribution in [2.75, 3.05) is 0 Å². The van der Waals surface area contributed by atoms with Gasteiger partial charge >= 0.3 is 0 Å². The lowest BCUT2D eigenvalue weighted by Gasteiger charge is -2.22. The van der Waals surface area contributed by atoms with Crippen LogP contribution >= 0.6 is 0 Å². The van der Waals surface area contributed by atoms with E-state index in [1.165, 1.54) is 28.8 Å². The van der Waals surface area contributed by atoms with Crippen molar-refractivity contribution in [2.45, 2.75) is 25.7 Å². The summed E-state index contributed by atoms with van der Waals surface area (Å²) in [6.45, 7) is 0. The van der Waals surface area contributed by atoms with Crippen LogP contribution in [0.3, 0.4) is 0 Å². The summed E-state index contributed by atoms with van der Waals surface area (Å²) < 4.78 is 12.5. The number of nitrogens with one attached hydrogen (secondary N) is 1. The lowest BCUT2D eigenvalue weighted by molar-refractivity contribution is 0.686. The number of benzene rings is 1. The molecule has 3 aromatic rings. The Kier molecular flexibility index (Phi) is 4.06. The molecule has 1 aliphatic rings. The number of allylic oxidation sites excluding steroid dienone is 4. The summed E-state index contributed by atoms with van der Waals surface area (Å²) in [5.74, 6) is 0. The van der Waals surface area contributed by atoms with Crippen molar-refractivity contribution >= 4 is 27.4 Å². The van der Waals surface area contributed by atoms with Crippen LogP contribution in [0, 0.1) is 0 Å². The molecule has 2 heterocycles. The summed E-state index contributed by atoms with van der Waals surface area (Å²) in [6, 6.07) is 4.02. The fraction of sp³-hybridized carbons (Fsp3) is 0.200. The van der Waals surface area contributed by atoms with Gasteiger partial charge in [0.05, 0.1) is 29.3 Å². The van der Waals surface area contributed by atoms with Gasteiger partial charge in [-0.05, 0) is 67.3 Å². The first-order valence-corrected chi connectivity index (χ1v) is 8.46. The number of H-pyrrole nitrogens is 1. The maximum Gasteiger partial charge on any atom is 0.0867 e. The Balaban J connectivity index is 2.07. The highest BCUT2D eigenvalue weighted by atomic mass is 19.1. The van der Waals surface area contributed by atoms with Crippen LogP contribution in [0.2, 0.25) is 0 Å². The summed E-state index contributed by atoms with van der Waals surface area (Å²) in [5, 5.41) is 9.51. The topological polar surface area (TPSA) is 67.6 Å². The van der Waals surface area contributed by atoms with Crippen LogP contribution in [-0.2, 0) is 12.8 Å². The Morgan fingerprint density at radius 1 is 1.20 bits per heavy atom. The Labute approximate surface area is 144 Å². The third-order valence-electron chi connectivity index (χ3n) is 4.79. The molecular weight excluding hydrogens is 315 g/mol. The van der Waals surface area contributed by atoms with E-state index in [0.717, 1.165) is 53.4 Å². The number of aromatic amines is 1. The molecule has 25 heavy (non-hydrogen) atoms. The SMILES string of the molecule is N/C=C/C(=C\C=C\F)c1nc2ccc3[nH]ncc3c2c2c1CCCC2. The maximum atomic E-state index is 12.5. The molecule has 0 spiro atoms. The van der Waals surface area contributed by atoms with Crippen molar-refractivity contribution in [2.24, 2.45) is 5.73 Å². The van der Waals surface area contributed by atoms with Crippen molar-refractivity contribution in [3.8, 4) is 0 Å². The Bertz CT molecular complexity index is 1030. The third kappa shape index (κ3) is 2.61. The van der Waals surface area contributed by atoms with Crippen LogP contribution in [0.15, 0.2) is 49.1 Å². The molecule has 1 aliphatic carbocycles. The van der Waals surface area contributed by atoms with Gasteiger partial charge in [0.25, 0.3) is 0 Å². The van der Waals surface area contributed by atoms with Crippen molar-refractivity contribution < 1.29 is 4.39 Å². The number of pyridine rings is 1. The number of hydrogen-bond donors (Lipinski definition) is 2. The van der Waals surface area contributed by atoms with Crippen LogP contribution in [0.5, 0.6) is 0 Å². The monoisotopic (exact) mass is 334 g/mol. The summed E-state index contributed by atoms with van der Waals surface area (Å²) in [5.41, 5.74) is 11.9. The lowest BCUT2D eigenvalue weighted by Crippen LogP contribution is -2.09. The number of halogens is 1.